The summed E-state index contributed by atoms with van der Waals surface area (Å²) in [5.41, 5.74) is 6.14. The van der Waals surface area contributed by atoms with Gasteiger partial charge in [-0.25, -0.2) is 0 Å². The molecule has 0 aliphatic heterocycles. The molecule has 0 saturated heterocycles. The third kappa shape index (κ3) is 4.20. The average Bonchev–Trinajstić information content (AvgIpc) is 3.30. The number of nitrogens with two attached hydrogens (primary N) is 1. The van der Waals surface area contributed by atoms with Crippen LogP contribution in [-0.2, 0) is 4.74 Å². The Morgan fingerprint density at radius 2 is 2.35 bits per heavy atom. The van der Waals surface area contributed by atoms with E-state index in [1.54, 1.807) is 6.07 Å². The van der Waals surface area contributed by atoms with Crippen molar-refractivity contribution in [3.63, 3.8) is 0 Å². The molecule has 1 aliphatic carbocycles. The highest BCUT2D eigenvalue weighted by molar-refractivity contribution is 5.98. The van der Waals surface area contributed by atoms with E-state index in [1.165, 1.54) is 25.1 Å². The minimum absolute atomic E-state index is 0.0436. The van der Waals surface area contributed by atoms with Gasteiger partial charge in [-0.15, -0.1) is 0 Å². The molecule has 1 saturated carbocycles. The number of nitrogens with one attached hydrogen (secondary N) is 1. The van der Waals surface area contributed by atoms with Gasteiger partial charge in [0.15, 0.2) is 5.84 Å². The summed E-state index contributed by atoms with van der Waals surface area (Å²) >= 11 is 0. The van der Waals surface area contributed by atoms with Crippen molar-refractivity contribution in [1.82, 2.24) is 10.3 Å². The van der Waals surface area contributed by atoms with Gasteiger partial charge in [0, 0.05) is 24.9 Å². The molecule has 0 unspecified atom stereocenters. The molecule has 20 heavy (non-hydrogen) atoms. The summed E-state index contributed by atoms with van der Waals surface area (Å²) in [7, 11) is 0. The molecule has 1 aromatic heterocycles. The van der Waals surface area contributed by atoms with Crippen LogP contribution in [0.25, 0.3) is 0 Å². The van der Waals surface area contributed by atoms with Gasteiger partial charge in [-0.3, -0.25) is 9.78 Å². The molecule has 1 aliphatic rings. The SMILES string of the molecule is N/C(=N/O)c1ccc(C(=O)NCCOCC2CC2)nc1. The number of amides is 1. The minimum atomic E-state index is -0.272. The van der Waals surface area contributed by atoms with Crippen LogP contribution in [0.15, 0.2) is 23.5 Å². The van der Waals surface area contributed by atoms with Crippen LogP contribution in [0.1, 0.15) is 28.9 Å². The maximum atomic E-state index is 11.8. The summed E-state index contributed by atoms with van der Waals surface area (Å²) < 4.78 is 5.41. The molecule has 1 amide bonds. The Morgan fingerprint density at radius 3 is 2.95 bits per heavy atom. The maximum Gasteiger partial charge on any atom is 0.269 e. The smallest absolute Gasteiger partial charge is 0.269 e. The van der Waals surface area contributed by atoms with E-state index in [-0.39, 0.29) is 17.4 Å². The Hall–Kier alpha value is -2.15. The molecule has 7 heteroatoms. The van der Waals surface area contributed by atoms with Crippen molar-refractivity contribution in [2.75, 3.05) is 19.8 Å². The Kier molecular flexibility index (Phi) is 4.89. The predicted molar refractivity (Wildman–Crippen MR) is 72.6 cm³/mol. The molecule has 2 rings (SSSR count). The molecule has 0 spiro atoms. The third-order valence-corrected chi connectivity index (χ3v) is 2.98. The van der Waals surface area contributed by atoms with Gasteiger partial charge in [-0.2, -0.15) is 0 Å². The van der Waals surface area contributed by atoms with Crippen LogP contribution >= 0.6 is 0 Å². The Labute approximate surface area is 116 Å². The first-order chi connectivity index (χ1) is 9.70. The summed E-state index contributed by atoms with van der Waals surface area (Å²) in [6.07, 6.45) is 3.89. The predicted octanol–water partition coefficient (Wildman–Crippen LogP) is 0.332. The van der Waals surface area contributed by atoms with Crippen LogP contribution in [0.5, 0.6) is 0 Å². The lowest BCUT2D eigenvalue weighted by Gasteiger charge is -2.06. The first kappa shape index (κ1) is 14.3. The van der Waals surface area contributed by atoms with Crippen molar-refractivity contribution in [2.24, 2.45) is 16.8 Å². The lowest BCUT2D eigenvalue weighted by Crippen LogP contribution is -2.28. The van der Waals surface area contributed by atoms with Crippen molar-refractivity contribution in [1.29, 1.82) is 0 Å². The Bertz CT molecular complexity index is 483. The van der Waals surface area contributed by atoms with E-state index in [0.29, 0.717) is 18.7 Å². The normalized spacial score (nSPS) is 15.1. The summed E-state index contributed by atoms with van der Waals surface area (Å²) in [4.78, 5) is 15.7. The number of hydrogen-bond donors (Lipinski definition) is 3. The second-order valence-electron chi connectivity index (χ2n) is 4.69. The molecule has 0 radical (unpaired) electrons. The lowest BCUT2D eigenvalue weighted by molar-refractivity contribution is 0.0902. The van der Waals surface area contributed by atoms with Gasteiger partial charge >= 0.3 is 0 Å². The second kappa shape index (κ2) is 6.85. The number of amidine groups is 1. The van der Waals surface area contributed by atoms with Crippen molar-refractivity contribution >= 4 is 11.7 Å². The number of aromatic nitrogens is 1. The molecule has 1 aromatic rings. The molecule has 1 fully saturated rings. The van der Waals surface area contributed by atoms with Gasteiger partial charge < -0.3 is 21.0 Å². The van der Waals surface area contributed by atoms with Crippen molar-refractivity contribution in [3.05, 3.63) is 29.6 Å². The summed E-state index contributed by atoms with van der Waals surface area (Å²) in [6, 6.07) is 3.09. The maximum absolute atomic E-state index is 11.8. The van der Waals surface area contributed by atoms with Crippen LogP contribution in [-0.4, -0.2) is 41.7 Å². The highest BCUT2D eigenvalue weighted by Crippen LogP contribution is 2.28. The first-order valence-corrected chi connectivity index (χ1v) is 6.50. The van der Waals surface area contributed by atoms with Crippen LogP contribution in [0, 0.1) is 5.92 Å². The summed E-state index contributed by atoms with van der Waals surface area (Å²) in [6.45, 7) is 1.74. The number of pyridine rings is 1. The first-order valence-electron chi connectivity index (χ1n) is 6.50. The van der Waals surface area contributed by atoms with E-state index in [4.69, 9.17) is 15.7 Å². The highest BCUT2D eigenvalue weighted by atomic mass is 16.5. The monoisotopic (exact) mass is 278 g/mol. The third-order valence-electron chi connectivity index (χ3n) is 2.98. The zero-order valence-corrected chi connectivity index (χ0v) is 11.1. The second-order valence-corrected chi connectivity index (χ2v) is 4.69. The number of nitrogens with zero attached hydrogens (tertiary/aromatic N) is 2. The van der Waals surface area contributed by atoms with Crippen molar-refractivity contribution in [2.45, 2.75) is 12.8 Å². The van der Waals surface area contributed by atoms with E-state index < -0.39 is 0 Å². The van der Waals surface area contributed by atoms with Crippen LogP contribution in [0.4, 0.5) is 0 Å². The number of carbonyl (C=O) groups excluding carboxylic acids is 1. The Morgan fingerprint density at radius 1 is 1.55 bits per heavy atom. The fourth-order valence-electron chi connectivity index (χ4n) is 1.60. The minimum Gasteiger partial charge on any atom is -0.409 e. The van der Waals surface area contributed by atoms with Crippen LogP contribution in [0.2, 0.25) is 0 Å². The van der Waals surface area contributed by atoms with Gasteiger partial charge in [0.2, 0.25) is 0 Å². The van der Waals surface area contributed by atoms with Crippen molar-refractivity contribution < 1.29 is 14.7 Å². The molecule has 108 valence electrons. The van der Waals surface area contributed by atoms with Crippen LogP contribution < -0.4 is 11.1 Å². The zero-order valence-electron chi connectivity index (χ0n) is 11.1. The molecule has 0 bridgehead atoms. The molecule has 7 nitrogen and oxygen atoms in total. The fourth-order valence-corrected chi connectivity index (χ4v) is 1.60. The number of hydrogen-bond acceptors (Lipinski definition) is 5. The van der Waals surface area contributed by atoms with E-state index in [1.807, 2.05) is 0 Å². The molecule has 1 heterocycles. The summed E-state index contributed by atoms with van der Waals surface area (Å²) in [5.74, 6) is 0.405. The summed E-state index contributed by atoms with van der Waals surface area (Å²) in [5, 5.41) is 14.1. The van der Waals surface area contributed by atoms with Gasteiger partial charge in [-0.1, -0.05) is 5.16 Å². The molecule has 0 aromatic carbocycles. The Balaban J connectivity index is 1.73. The zero-order chi connectivity index (χ0) is 14.4. The van der Waals surface area contributed by atoms with Gasteiger partial charge in [0.1, 0.15) is 5.69 Å². The number of oxime groups is 1. The van der Waals surface area contributed by atoms with E-state index in [0.717, 1.165) is 12.5 Å². The largest absolute Gasteiger partial charge is 0.409 e. The quantitative estimate of drug-likeness (QED) is 0.219. The molecule has 4 N–H and O–H groups in total. The number of carbonyl (C=O) groups is 1. The van der Waals surface area contributed by atoms with Gasteiger partial charge in [0.05, 0.1) is 6.61 Å². The van der Waals surface area contributed by atoms with Gasteiger partial charge in [-0.05, 0) is 30.9 Å². The standard InChI is InChI=1S/C13H18N4O3/c14-12(17-19)10-3-4-11(16-7-10)13(18)15-5-6-20-8-9-1-2-9/h3-4,7,9,19H,1-2,5-6,8H2,(H2,14,17)(H,15,18). The fraction of sp³-hybridized carbons (Fsp3) is 0.462. The van der Waals surface area contributed by atoms with E-state index >= 15 is 0 Å². The molecular weight excluding hydrogens is 260 g/mol. The van der Waals surface area contributed by atoms with Crippen LogP contribution in [0.3, 0.4) is 0 Å². The molecular formula is C13H18N4O3. The average molecular weight is 278 g/mol. The lowest BCUT2D eigenvalue weighted by atomic mass is 10.2. The number of ether oxygens (including phenoxy) is 1. The van der Waals surface area contributed by atoms with Gasteiger partial charge in [0.25, 0.3) is 5.91 Å². The highest BCUT2D eigenvalue weighted by Gasteiger charge is 2.20. The van der Waals surface area contributed by atoms with Crippen molar-refractivity contribution in [3.8, 4) is 0 Å². The topological polar surface area (TPSA) is 110 Å². The number of rotatable bonds is 7. The van der Waals surface area contributed by atoms with E-state index in [2.05, 4.69) is 15.5 Å². The van der Waals surface area contributed by atoms with E-state index in [9.17, 15) is 4.79 Å². The molecule has 0 atom stereocenters.